The van der Waals surface area contributed by atoms with E-state index in [9.17, 15) is 29.4 Å². The van der Waals surface area contributed by atoms with E-state index in [0.29, 0.717) is 0 Å². The van der Waals surface area contributed by atoms with Crippen molar-refractivity contribution in [3.8, 4) is 0 Å². The Labute approximate surface area is 154 Å². The molecule has 14 heteroatoms. The van der Waals surface area contributed by atoms with E-state index in [1.165, 1.54) is 12.3 Å². The molecule has 0 amide bonds. The zero-order valence-corrected chi connectivity index (χ0v) is 13.3. The van der Waals surface area contributed by atoms with E-state index in [4.69, 9.17) is 10.5 Å². The quantitative estimate of drug-likeness (QED) is 0.204. The minimum absolute atomic E-state index is 0. The third-order valence-electron chi connectivity index (χ3n) is 2.86. The summed E-state index contributed by atoms with van der Waals surface area (Å²) in [6.07, 6.45) is -4.51. The first-order valence-electron chi connectivity index (χ1n) is 5.72. The van der Waals surface area contributed by atoms with Gasteiger partial charge in [-0.05, 0) is 6.07 Å². The Morgan fingerprint density at radius 3 is 2.52 bits per heavy atom. The molecule has 4 N–H and O–H groups in total. The Hall–Kier alpha value is -0.135. The average Bonchev–Trinajstić information content (AvgIpc) is 2.64. The molecule has 11 nitrogen and oxygen atoms in total. The molecule has 0 aliphatic carbocycles. The molecule has 1 aliphatic heterocycles. The Morgan fingerprint density at radius 2 is 2.00 bits per heavy atom. The van der Waals surface area contributed by atoms with Crippen LogP contribution >= 0.6 is 7.82 Å². The molecule has 0 spiro atoms. The number of phosphoric acid groups is 1. The SMILES string of the molecule is [15NH2][13c]1[13cH][13cH][15n]([13C@@H]2O[13C@H]([13CH2]OP(=O)([O-])[O-])[13C@H](O)[13CH]2O)[13c](=O)[15n]1.[Li+].[Li+]. The number of anilines is 1. The first-order valence-corrected chi connectivity index (χ1v) is 7.18. The second kappa shape index (κ2) is 8.81. The van der Waals surface area contributed by atoms with E-state index in [2.05, 4.69) is 9.51 Å². The molecule has 1 aliphatic rings. The molecular weight excluding hydrogens is 335 g/mol. The molecule has 1 fully saturated rings. The van der Waals surface area contributed by atoms with Gasteiger partial charge in [0.15, 0.2) is 6.23 Å². The summed E-state index contributed by atoms with van der Waals surface area (Å²) < 4.78 is 20.4. The van der Waals surface area contributed by atoms with Crippen molar-refractivity contribution in [2.24, 2.45) is 0 Å². The van der Waals surface area contributed by atoms with Crippen LogP contribution in [0.2, 0.25) is 0 Å². The van der Waals surface area contributed by atoms with Crippen LogP contribution in [0, 0.1) is 0 Å². The van der Waals surface area contributed by atoms with Gasteiger partial charge in [-0.25, -0.2) is 4.79 Å². The minimum atomic E-state index is -5.24. The van der Waals surface area contributed by atoms with E-state index in [-0.39, 0.29) is 43.5 Å². The summed E-state index contributed by atoms with van der Waals surface area (Å²) in [6, 6.07) is 1.27. The van der Waals surface area contributed by atoms with Gasteiger partial charge in [-0.15, -0.1) is 0 Å². The summed E-state index contributed by atoms with van der Waals surface area (Å²) in [7, 11) is -5.24. The second-order valence-electron chi connectivity index (χ2n) is 4.33. The molecule has 118 valence electrons. The predicted octanol–water partition coefficient (Wildman–Crippen LogP) is -9.70. The van der Waals surface area contributed by atoms with Crippen molar-refractivity contribution in [3.05, 3.63) is 22.7 Å². The fourth-order valence-corrected chi connectivity index (χ4v) is 2.21. The van der Waals surface area contributed by atoms with Gasteiger partial charge in [-0.2, -0.15) is 4.98 Å². The Kier molecular flexibility index (Phi) is 8.76. The summed E-state index contributed by atoms with van der Waals surface area (Å²) in [5.41, 5.74) is 4.49. The Morgan fingerprint density at radius 1 is 1.39 bits per heavy atom. The number of hydrogen-bond acceptors (Lipinski definition) is 10. The fourth-order valence-electron chi connectivity index (χ4n) is 1.88. The standard InChI is InChI=1S/C9H14N3O8P.2Li/c10-5-1-2-12(9(15)11-5)8-7(14)6(13)4(20-8)3-19-21(16,17)18;;/h1-2,4,6-8,13-14H,3H2,(H2,10,11,15)(H2,16,17,18);;/q;2*+1/p-2/t4-,6+,7?,8-;;/m1../s1/i1+1,2+1,3+1,4+1,5+1,6+1,7+1,8+1,9+1,10+1,11+1,12+1;;. The molecule has 0 aromatic carbocycles. The van der Waals surface area contributed by atoms with Gasteiger partial charge in [0.1, 0.15) is 24.1 Å². The Balaban J connectivity index is 0.00000242. The van der Waals surface area contributed by atoms with Crippen LogP contribution in [-0.4, -0.2) is 44.7 Å². The van der Waals surface area contributed by atoms with Crippen LogP contribution < -0.4 is 58.9 Å². The molecule has 0 bridgehead atoms. The number of ether oxygens (including phenoxy) is 1. The maximum atomic E-state index is 11.6. The number of phosphoric ester groups is 1. The van der Waals surface area contributed by atoms with Crippen molar-refractivity contribution < 1.29 is 71.5 Å². The van der Waals surface area contributed by atoms with Gasteiger partial charge < -0.3 is 39.6 Å². The number of rotatable bonds is 4. The van der Waals surface area contributed by atoms with E-state index in [1.54, 1.807) is 0 Å². The summed E-state index contributed by atoms with van der Waals surface area (Å²) in [4.78, 5) is 35.8. The van der Waals surface area contributed by atoms with Crippen molar-refractivity contribution in [2.45, 2.75) is 24.5 Å². The normalized spacial score (nSPS) is 27.1. The van der Waals surface area contributed by atoms with Crippen molar-refractivity contribution in [3.63, 3.8) is 0 Å². The smallest absolute Gasteiger partial charge is 0.790 e. The van der Waals surface area contributed by atoms with E-state index < -0.39 is 44.7 Å². The number of aliphatic hydroxyl groups excluding tert-OH is 2. The third-order valence-corrected chi connectivity index (χ3v) is 3.33. The molecule has 2 rings (SSSR count). The zero-order valence-electron chi connectivity index (χ0n) is 12.4. The van der Waals surface area contributed by atoms with E-state index >= 15 is 0 Å². The summed E-state index contributed by atoms with van der Waals surface area (Å²) in [6.45, 7) is -0.782. The van der Waals surface area contributed by atoms with Gasteiger partial charge in [0.05, 0.1) is 14.4 Å². The first-order chi connectivity index (χ1) is 9.69. The first kappa shape index (κ1) is 22.9. The monoisotopic (exact) mass is 347 g/mol. The van der Waals surface area contributed by atoms with E-state index in [0.717, 1.165) is 4.57 Å². The largest absolute Gasteiger partial charge is 1.00 e. The van der Waals surface area contributed by atoms with Crippen molar-refractivity contribution in [1.29, 1.82) is 0 Å². The van der Waals surface area contributed by atoms with Crippen LogP contribution in [0.4, 0.5) is 5.82 Å². The van der Waals surface area contributed by atoms with Gasteiger partial charge in [-0.3, -0.25) is 4.57 Å². The molecule has 1 aromatic rings. The number of nitrogen functional groups attached to an aromatic ring is 1. The van der Waals surface area contributed by atoms with Gasteiger partial charge in [0.25, 0.3) is 0 Å². The van der Waals surface area contributed by atoms with Crippen molar-refractivity contribution in [1.82, 2.24) is 9.55 Å². The van der Waals surface area contributed by atoms with Crippen LogP contribution in [-0.2, 0) is 13.8 Å². The average molecular weight is 347 g/mol. The van der Waals surface area contributed by atoms with Crippen LogP contribution in [0.1, 0.15) is 6.23 Å². The minimum Gasteiger partial charge on any atom is -0.790 e. The molecule has 23 heavy (non-hydrogen) atoms. The fraction of sp³-hybridized carbons (Fsp3) is 0.556. The summed E-state index contributed by atoms with van der Waals surface area (Å²) in [5, 5.41) is 19.6. The zero-order chi connectivity index (χ0) is 15.8. The second-order valence-corrected chi connectivity index (χ2v) is 5.48. The van der Waals surface area contributed by atoms with Gasteiger partial charge in [0.2, 0.25) is 0 Å². The number of aromatic nitrogens is 2. The van der Waals surface area contributed by atoms with Crippen LogP contribution in [0.3, 0.4) is 0 Å². The molecule has 1 aromatic heterocycles. The topological polar surface area (TPSA) is 183 Å². The molecule has 1 saturated heterocycles. The van der Waals surface area contributed by atoms with Crippen molar-refractivity contribution >= 4 is 13.6 Å². The summed E-state index contributed by atoms with van der Waals surface area (Å²) in [5.74, 6) is -0.0391. The molecular formula is C9H12Li2N3O8P. The van der Waals surface area contributed by atoms with Crippen LogP contribution in [0.15, 0.2) is 17.1 Å². The molecule has 2 heterocycles. The predicted molar refractivity (Wildman–Crippen MR) is 62.4 cm³/mol. The summed E-state index contributed by atoms with van der Waals surface area (Å²) >= 11 is 0. The third kappa shape index (κ3) is 5.71. The van der Waals surface area contributed by atoms with Crippen LogP contribution in [0.25, 0.3) is 0 Å². The van der Waals surface area contributed by atoms with Gasteiger partial charge in [-0.1, -0.05) is 0 Å². The molecule has 0 radical (unpaired) electrons. The number of nitrogens with zero attached hydrogens (tertiary/aromatic N) is 2. The van der Waals surface area contributed by atoms with Gasteiger partial charge >= 0.3 is 43.4 Å². The number of nitrogens with two attached hydrogens (primary N) is 1. The maximum absolute atomic E-state index is 11.6. The number of hydrogen-bond donors (Lipinski definition) is 3. The maximum Gasteiger partial charge on any atom is 1.00 e. The van der Waals surface area contributed by atoms with Gasteiger partial charge in [0, 0.05) is 6.20 Å². The van der Waals surface area contributed by atoms with E-state index in [1.807, 2.05) is 0 Å². The molecule has 1 unspecified atom stereocenters. The number of aliphatic hydroxyl groups is 2. The molecule has 0 saturated carbocycles. The molecule has 4 atom stereocenters. The van der Waals surface area contributed by atoms with Crippen molar-refractivity contribution in [2.75, 3.05) is 12.3 Å². The Bertz CT molecular complexity index is 625. The van der Waals surface area contributed by atoms with Crippen LogP contribution in [0.5, 0.6) is 0 Å².